The number of hydrogen-bond acceptors (Lipinski definition) is 0. The fourth-order valence-electron chi connectivity index (χ4n) is 6.23. The zero-order valence-corrected chi connectivity index (χ0v) is 27.2. The van der Waals surface area contributed by atoms with Gasteiger partial charge in [-0.15, -0.1) is 68.1 Å². The molecule has 0 aromatic heterocycles. The van der Waals surface area contributed by atoms with Gasteiger partial charge < -0.3 is 24.8 Å². The molecule has 0 fully saturated rings. The molecule has 0 heterocycles. The zero-order valence-electron chi connectivity index (χ0n) is 24.1. The van der Waals surface area contributed by atoms with Crippen LogP contribution >= 0.6 is 0 Å². The van der Waals surface area contributed by atoms with Gasteiger partial charge in [-0.3, -0.25) is 0 Å². The van der Waals surface area contributed by atoms with E-state index in [1.807, 2.05) is 0 Å². The predicted molar refractivity (Wildman–Crippen MR) is 174 cm³/mol. The van der Waals surface area contributed by atoms with Gasteiger partial charge in [0.2, 0.25) is 0 Å². The van der Waals surface area contributed by atoms with E-state index in [2.05, 4.69) is 159 Å². The number of halogens is 2. The first-order chi connectivity index (χ1) is 19.7. The van der Waals surface area contributed by atoms with Crippen molar-refractivity contribution in [3.05, 3.63) is 157 Å². The normalized spacial score (nSPS) is 10.5. The van der Waals surface area contributed by atoms with Crippen molar-refractivity contribution < 1.29 is 46.5 Å². The molecule has 8 aromatic carbocycles. The third kappa shape index (κ3) is 5.94. The number of fused-ring (bicyclic) bond motifs is 4. The Morgan fingerprint density at radius 1 is 0.372 bits per heavy atom. The zero-order chi connectivity index (χ0) is 27.1. The average Bonchev–Trinajstić information content (AvgIpc) is 3.53. The average molecular weight is 629 g/mol. The Balaban J connectivity index is 0.000000184. The van der Waals surface area contributed by atoms with E-state index in [4.69, 9.17) is 0 Å². The van der Waals surface area contributed by atoms with Crippen molar-refractivity contribution in [2.75, 3.05) is 0 Å². The van der Waals surface area contributed by atoms with Crippen molar-refractivity contribution in [3.63, 3.8) is 0 Å². The standard InChI is InChI=1S/2C20H15.2ClH.Ti/c2*1-14-17-10-4-3-8-16(17)13-20(14)19-12-6-9-15-7-2-5-11-18(15)19;;;/h2*2-13H,1H3;2*1H;/q2*-1;;;+4/p-2. The number of hydrogen-bond donors (Lipinski definition) is 0. The van der Waals surface area contributed by atoms with Crippen LogP contribution < -0.4 is 24.8 Å². The Bertz CT molecular complexity index is 1980. The maximum absolute atomic E-state index is 2.31. The topological polar surface area (TPSA) is 0 Å². The van der Waals surface area contributed by atoms with Gasteiger partial charge in [0, 0.05) is 0 Å². The Labute approximate surface area is 280 Å². The Morgan fingerprint density at radius 3 is 1.09 bits per heavy atom. The van der Waals surface area contributed by atoms with E-state index in [1.54, 1.807) is 0 Å². The van der Waals surface area contributed by atoms with Crippen LogP contribution in [0.5, 0.6) is 0 Å². The minimum Gasteiger partial charge on any atom is -1.00 e. The van der Waals surface area contributed by atoms with Gasteiger partial charge >= 0.3 is 21.7 Å². The van der Waals surface area contributed by atoms with Gasteiger partial charge in [-0.2, -0.15) is 0 Å². The second-order valence-electron chi connectivity index (χ2n) is 10.6. The third-order valence-corrected chi connectivity index (χ3v) is 8.30. The van der Waals surface area contributed by atoms with E-state index < -0.39 is 0 Å². The largest absolute Gasteiger partial charge is 4.00 e. The molecule has 43 heavy (non-hydrogen) atoms. The Kier molecular flexibility index (Phi) is 10.3. The van der Waals surface area contributed by atoms with Gasteiger partial charge in [0.1, 0.15) is 0 Å². The molecule has 8 rings (SSSR count). The Morgan fingerprint density at radius 2 is 0.698 bits per heavy atom. The third-order valence-electron chi connectivity index (χ3n) is 8.30. The van der Waals surface area contributed by atoms with Crippen LogP contribution in [-0.2, 0) is 21.7 Å². The van der Waals surface area contributed by atoms with Crippen LogP contribution in [-0.4, -0.2) is 0 Å². The molecule has 0 nitrogen and oxygen atoms in total. The summed E-state index contributed by atoms with van der Waals surface area (Å²) in [5.41, 5.74) is 8.11. The van der Waals surface area contributed by atoms with E-state index >= 15 is 0 Å². The number of aryl methyl sites for hydroxylation is 2. The van der Waals surface area contributed by atoms with Gasteiger partial charge in [0.15, 0.2) is 0 Å². The summed E-state index contributed by atoms with van der Waals surface area (Å²) in [6.45, 7) is 4.44. The van der Waals surface area contributed by atoms with Crippen molar-refractivity contribution in [1.29, 1.82) is 0 Å². The first-order valence-corrected chi connectivity index (χ1v) is 14.0. The molecule has 0 unspecified atom stereocenters. The summed E-state index contributed by atoms with van der Waals surface area (Å²) >= 11 is 0. The molecule has 3 heteroatoms. The number of benzene rings is 6. The van der Waals surface area contributed by atoms with E-state index in [9.17, 15) is 0 Å². The molecule has 208 valence electrons. The molecular formula is C40H30Cl2Ti. The number of rotatable bonds is 2. The van der Waals surface area contributed by atoms with Crippen molar-refractivity contribution in [1.82, 2.24) is 0 Å². The van der Waals surface area contributed by atoms with Crippen LogP contribution in [0.2, 0.25) is 0 Å². The molecule has 0 radical (unpaired) electrons. The molecule has 0 N–H and O–H groups in total. The summed E-state index contributed by atoms with van der Waals surface area (Å²) in [4.78, 5) is 0. The summed E-state index contributed by atoms with van der Waals surface area (Å²) in [5, 5.41) is 10.6. The molecule has 0 spiro atoms. The van der Waals surface area contributed by atoms with E-state index in [1.165, 1.54) is 76.5 Å². The molecule has 0 amide bonds. The van der Waals surface area contributed by atoms with Crippen LogP contribution in [0.3, 0.4) is 0 Å². The quantitative estimate of drug-likeness (QED) is 0.178. The van der Waals surface area contributed by atoms with Gasteiger partial charge in [0.25, 0.3) is 0 Å². The Hall–Kier alpha value is -3.65. The molecular weight excluding hydrogens is 599 g/mol. The smallest absolute Gasteiger partial charge is 1.00 e. The second kappa shape index (κ2) is 13.8. The fraction of sp³-hybridized carbons (Fsp3) is 0.0500. The van der Waals surface area contributed by atoms with Gasteiger partial charge in [-0.05, 0) is 21.5 Å². The molecule has 0 bridgehead atoms. The van der Waals surface area contributed by atoms with Crippen molar-refractivity contribution in [3.8, 4) is 22.3 Å². The van der Waals surface area contributed by atoms with Crippen molar-refractivity contribution in [2.45, 2.75) is 13.8 Å². The van der Waals surface area contributed by atoms with Gasteiger partial charge in [0.05, 0.1) is 0 Å². The summed E-state index contributed by atoms with van der Waals surface area (Å²) in [5.74, 6) is 0. The van der Waals surface area contributed by atoms with E-state index in [0.29, 0.717) is 0 Å². The summed E-state index contributed by atoms with van der Waals surface area (Å²) in [7, 11) is 0. The van der Waals surface area contributed by atoms with Crippen LogP contribution in [0, 0.1) is 13.8 Å². The first-order valence-electron chi connectivity index (χ1n) is 14.0. The summed E-state index contributed by atoms with van der Waals surface area (Å²) in [6.07, 6.45) is 0. The molecule has 0 aliphatic rings. The van der Waals surface area contributed by atoms with Crippen molar-refractivity contribution in [2.24, 2.45) is 0 Å². The maximum Gasteiger partial charge on any atom is 4.00 e. The summed E-state index contributed by atoms with van der Waals surface area (Å²) < 4.78 is 0. The van der Waals surface area contributed by atoms with Crippen LogP contribution in [0.4, 0.5) is 0 Å². The first kappa shape index (κ1) is 32.3. The van der Waals surface area contributed by atoms with Crippen LogP contribution in [0.15, 0.2) is 146 Å². The van der Waals surface area contributed by atoms with Gasteiger partial charge in [-0.25, -0.2) is 0 Å². The van der Waals surface area contributed by atoms with Crippen LogP contribution in [0.1, 0.15) is 11.1 Å². The maximum atomic E-state index is 2.31. The monoisotopic (exact) mass is 628 g/mol. The summed E-state index contributed by atoms with van der Waals surface area (Å²) in [6, 6.07) is 52.2. The molecule has 0 saturated heterocycles. The predicted octanol–water partition coefficient (Wildman–Crippen LogP) is 5.38. The molecule has 0 atom stereocenters. The molecule has 0 aliphatic carbocycles. The minimum absolute atomic E-state index is 0. The van der Waals surface area contributed by atoms with Crippen molar-refractivity contribution >= 4 is 43.1 Å². The molecule has 8 aromatic rings. The second-order valence-corrected chi connectivity index (χ2v) is 10.6. The van der Waals surface area contributed by atoms with E-state index in [0.717, 1.165) is 0 Å². The molecule has 0 saturated carbocycles. The van der Waals surface area contributed by atoms with Gasteiger partial charge in [-0.1, -0.05) is 146 Å². The fourth-order valence-corrected chi connectivity index (χ4v) is 6.23. The molecule has 0 aliphatic heterocycles. The SMILES string of the molecule is Cc1c(-c2cccc3ccccc23)[cH-]c2ccccc12.Cc1c(-c2cccc3ccccc23)[cH-]c2ccccc12.[Cl-].[Cl-].[Ti+4]. The van der Waals surface area contributed by atoms with Crippen LogP contribution in [0.25, 0.3) is 65.3 Å². The minimum atomic E-state index is 0. The van der Waals surface area contributed by atoms with E-state index in [-0.39, 0.29) is 46.5 Å².